The number of nitrogens with one attached hydrogen (secondary N) is 1. The van der Waals surface area contributed by atoms with E-state index in [-0.39, 0.29) is 0 Å². The molecule has 0 spiro atoms. The summed E-state index contributed by atoms with van der Waals surface area (Å²) in [4.78, 5) is 2.32. The Bertz CT molecular complexity index is 388. The maximum Gasteiger partial charge on any atom is 0.122 e. The van der Waals surface area contributed by atoms with Crippen molar-refractivity contribution >= 4 is 0 Å². The van der Waals surface area contributed by atoms with Crippen LogP contribution in [0.1, 0.15) is 25.8 Å². The van der Waals surface area contributed by atoms with Crippen molar-refractivity contribution in [3.05, 3.63) is 23.8 Å². The molecule has 4 nitrogen and oxygen atoms in total. The molecule has 0 amide bonds. The number of methoxy groups -OCH3 is 2. The van der Waals surface area contributed by atoms with E-state index in [0.29, 0.717) is 6.04 Å². The zero-order valence-electron chi connectivity index (χ0n) is 14.1. The lowest BCUT2D eigenvalue weighted by molar-refractivity contribution is 0.310. The van der Waals surface area contributed by atoms with Gasteiger partial charge in [0, 0.05) is 18.7 Å². The molecule has 0 heterocycles. The molecule has 1 unspecified atom stereocenters. The molecule has 0 saturated carbocycles. The minimum Gasteiger partial charge on any atom is -0.497 e. The maximum atomic E-state index is 5.30. The summed E-state index contributed by atoms with van der Waals surface area (Å²) in [6.45, 7) is 7.63. The van der Waals surface area contributed by atoms with Crippen LogP contribution in [-0.2, 0) is 6.42 Å². The van der Waals surface area contributed by atoms with Gasteiger partial charge in [-0.1, -0.05) is 6.92 Å². The van der Waals surface area contributed by atoms with Crippen LogP contribution in [-0.4, -0.2) is 51.8 Å². The first-order valence-electron chi connectivity index (χ1n) is 7.72. The van der Waals surface area contributed by atoms with Gasteiger partial charge in [0.2, 0.25) is 0 Å². The first kappa shape index (κ1) is 17.8. The van der Waals surface area contributed by atoms with E-state index in [1.54, 1.807) is 14.2 Å². The SMILES string of the molecule is CCN(C)CC(C)NCCCc1cc(OC)cc(OC)c1. The van der Waals surface area contributed by atoms with E-state index in [2.05, 4.69) is 43.2 Å². The molecule has 0 aromatic heterocycles. The molecule has 0 bridgehead atoms. The van der Waals surface area contributed by atoms with Gasteiger partial charge in [-0.15, -0.1) is 0 Å². The summed E-state index contributed by atoms with van der Waals surface area (Å²) in [5.74, 6) is 1.71. The molecule has 120 valence electrons. The maximum absolute atomic E-state index is 5.30. The van der Waals surface area contributed by atoms with Crippen LogP contribution in [0.4, 0.5) is 0 Å². The predicted octanol–water partition coefficient (Wildman–Crippen LogP) is 2.57. The molecular formula is C17H30N2O2. The van der Waals surface area contributed by atoms with Crippen LogP contribution in [0.5, 0.6) is 11.5 Å². The summed E-state index contributed by atoms with van der Waals surface area (Å²) in [5.41, 5.74) is 1.26. The molecule has 1 aromatic rings. The Balaban J connectivity index is 2.35. The molecule has 0 aliphatic rings. The third-order valence-electron chi connectivity index (χ3n) is 3.67. The quantitative estimate of drug-likeness (QED) is 0.673. The van der Waals surface area contributed by atoms with E-state index >= 15 is 0 Å². The first-order chi connectivity index (χ1) is 10.1. The van der Waals surface area contributed by atoms with Gasteiger partial charge in [-0.05, 0) is 57.6 Å². The summed E-state index contributed by atoms with van der Waals surface area (Å²) in [5, 5.41) is 3.57. The Kier molecular flexibility index (Phi) is 8.16. The lowest BCUT2D eigenvalue weighted by Crippen LogP contribution is -2.37. The number of ether oxygens (including phenoxy) is 2. The number of hydrogen-bond acceptors (Lipinski definition) is 4. The Hall–Kier alpha value is -1.26. The Labute approximate surface area is 129 Å². The summed E-state index contributed by atoms with van der Waals surface area (Å²) in [7, 11) is 5.53. The highest BCUT2D eigenvalue weighted by atomic mass is 16.5. The van der Waals surface area contributed by atoms with Gasteiger partial charge >= 0.3 is 0 Å². The van der Waals surface area contributed by atoms with Gasteiger partial charge in [0.05, 0.1) is 14.2 Å². The molecule has 21 heavy (non-hydrogen) atoms. The molecule has 0 radical (unpaired) electrons. The summed E-state index contributed by atoms with van der Waals surface area (Å²) in [6, 6.07) is 6.59. The van der Waals surface area contributed by atoms with Gasteiger partial charge in [-0.2, -0.15) is 0 Å². The number of rotatable bonds is 10. The van der Waals surface area contributed by atoms with E-state index in [1.165, 1.54) is 5.56 Å². The average molecular weight is 294 g/mol. The minimum absolute atomic E-state index is 0.523. The number of hydrogen-bond donors (Lipinski definition) is 1. The largest absolute Gasteiger partial charge is 0.497 e. The Morgan fingerprint density at radius 3 is 2.29 bits per heavy atom. The second kappa shape index (κ2) is 9.64. The van der Waals surface area contributed by atoms with Crippen LogP contribution in [0.3, 0.4) is 0 Å². The molecule has 1 atom stereocenters. The van der Waals surface area contributed by atoms with Crippen LogP contribution in [0, 0.1) is 0 Å². The van der Waals surface area contributed by atoms with Gasteiger partial charge in [0.1, 0.15) is 11.5 Å². The van der Waals surface area contributed by atoms with Crippen LogP contribution in [0.15, 0.2) is 18.2 Å². The summed E-state index contributed by atoms with van der Waals surface area (Å²) in [6.07, 6.45) is 2.13. The van der Waals surface area contributed by atoms with Gasteiger partial charge in [0.15, 0.2) is 0 Å². The third-order valence-corrected chi connectivity index (χ3v) is 3.67. The third kappa shape index (κ3) is 6.82. The minimum atomic E-state index is 0.523. The van der Waals surface area contributed by atoms with Crippen molar-refractivity contribution in [2.75, 3.05) is 40.9 Å². The monoisotopic (exact) mass is 294 g/mol. The standard InChI is InChI=1S/C17H30N2O2/c1-6-19(3)13-14(2)18-9-7-8-15-10-16(20-4)12-17(11-15)21-5/h10-12,14,18H,6-9,13H2,1-5H3. The first-order valence-corrected chi connectivity index (χ1v) is 7.72. The molecule has 0 aliphatic carbocycles. The highest BCUT2D eigenvalue weighted by molar-refractivity contribution is 5.38. The number of likely N-dealkylation sites (N-methyl/N-ethyl adjacent to an activating group) is 1. The van der Waals surface area contributed by atoms with Crippen molar-refractivity contribution in [3.8, 4) is 11.5 Å². The van der Waals surface area contributed by atoms with Crippen LogP contribution in [0.25, 0.3) is 0 Å². The number of aryl methyl sites for hydroxylation is 1. The predicted molar refractivity (Wildman–Crippen MR) is 88.5 cm³/mol. The van der Waals surface area contributed by atoms with Crippen LogP contribution >= 0.6 is 0 Å². The fourth-order valence-electron chi connectivity index (χ4n) is 2.31. The van der Waals surface area contributed by atoms with E-state index in [4.69, 9.17) is 9.47 Å². The molecule has 1 aromatic carbocycles. The van der Waals surface area contributed by atoms with Crippen molar-refractivity contribution in [3.63, 3.8) is 0 Å². The van der Waals surface area contributed by atoms with Crippen molar-refractivity contribution in [1.29, 1.82) is 0 Å². The van der Waals surface area contributed by atoms with Crippen molar-refractivity contribution in [2.24, 2.45) is 0 Å². The molecule has 1 rings (SSSR count). The fraction of sp³-hybridized carbons (Fsp3) is 0.647. The topological polar surface area (TPSA) is 33.7 Å². The lowest BCUT2D eigenvalue weighted by atomic mass is 10.1. The van der Waals surface area contributed by atoms with E-state index < -0.39 is 0 Å². The highest BCUT2D eigenvalue weighted by Gasteiger charge is 2.05. The second-order valence-corrected chi connectivity index (χ2v) is 5.53. The average Bonchev–Trinajstić information content (AvgIpc) is 2.50. The van der Waals surface area contributed by atoms with Crippen molar-refractivity contribution in [1.82, 2.24) is 10.2 Å². The molecule has 1 N–H and O–H groups in total. The van der Waals surface area contributed by atoms with Crippen molar-refractivity contribution < 1.29 is 9.47 Å². The van der Waals surface area contributed by atoms with Crippen molar-refractivity contribution in [2.45, 2.75) is 32.7 Å². The zero-order chi connectivity index (χ0) is 15.7. The zero-order valence-corrected chi connectivity index (χ0v) is 14.1. The molecule has 4 heteroatoms. The molecule has 0 fully saturated rings. The molecule has 0 aliphatic heterocycles. The van der Waals surface area contributed by atoms with E-state index in [1.807, 2.05) is 6.07 Å². The van der Waals surface area contributed by atoms with Gasteiger partial charge in [-0.25, -0.2) is 0 Å². The summed E-state index contributed by atoms with van der Waals surface area (Å²) >= 11 is 0. The number of nitrogens with zero attached hydrogens (tertiary/aromatic N) is 1. The normalized spacial score (nSPS) is 12.5. The Morgan fingerprint density at radius 2 is 1.76 bits per heavy atom. The number of benzene rings is 1. The van der Waals surface area contributed by atoms with Gasteiger partial charge in [-0.3, -0.25) is 0 Å². The highest BCUT2D eigenvalue weighted by Crippen LogP contribution is 2.23. The van der Waals surface area contributed by atoms with E-state index in [0.717, 1.165) is 44.0 Å². The molecule has 0 saturated heterocycles. The second-order valence-electron chi connectivity index (χ2n) is 5.53. The summed E-state index contributed by atoms with van der Waals surface area (Å²) < 4.78 is 10.6. The molecular weight excluding hydrogens is 264 g/mol. The van der Waals surface area contributed by atoms with E-state index in [9.17, 15) is 0 Å². The lowest BCUT2D eigenvalue weighted by Gasteiger charge is -2.20. The fourth-order valence-corrected chi connectivity index (χ4v) is 2.31. The Morgan fingerprint density at radius 1 is 1.14 bits per heavy atom. The smallest absolute Gasteiger partial charge is 0.122 e. The van der Waals surface area contributed by atoms with Crippen LogP contribution in [0.2, 0.25) is 0 Å². The van der Waals surface area contributed by atoms with Gasteiger partial charge in [0.25, 0.3) is 0 Å². The van der Waals surface area contributed by atoms with Crippen LogP contribution < -0.4 is 14.8 Å². The van der Waals surface area contributed by atoms with Gasteiger partial charge < -0.3 is 19.7 Å².